The molecule has 0 aliphatic rings. The Kier molecular flexibility index (Phi) is 9.14. The zero-order valence-electron chi connectivity index (χ0n) is 19.3. The molecule has 0 saturated carbocycles. The van der Waals surface area contributed by atoms with Gasteiger partial charge in [-0.3, -0.25) is 9.59 Å². The zero-order chi connectivity index (χ0) is 24.7. The summed E-state index contributed by atoms with van der Waals surface area (Å²) in [6.07, 6.45) is 4.98. The van der Waals surface area contributed by atoms with Gasteiger partial charge in [0.1, 0.15) is 0 Å². The fourth-order valence-corrected chi connectivity index (χ4v) is 4.32. The van der Waals surface area contributed by atoms with Crippen molar-refractivity contribution in [1.82, 2.24) is 5.32 Å². The van der Waals surface area contributed by atoms with Crippen molar-refractivity contribution in [2.75, 3.05) is 0 Å². The maximum Gasteiger partial charge on any atom is 0.303 e. The van der Waals surface area contributed by atoms with E-state index in [0.717, 1.165) is 11.1 Å². The highest BCUT2D eigenvalue weighted by Gasteiger charge is 2.20. The molecular formula is C28H29Cl2NO3. The van der Waals surface area contributed by atoms with Gasteiger partial charge in [-0.15, -0.1) is 0 Å². The van der Waals surface area contributed by atoms with Crippen LogP contribution >= 0.6 is 23.2 Å². The van der Waals surface area contributed by atoms with Crippen LogP contribution in [0.3, 0.4) is 0 Å². The van der Waals surface area contributed by atoms with Crippen LogP contribution in [0, 0.1) is 11.8 Å². The van der Waals surface area contributed by atoms with Gasteiger partial charge < -0.3 is 10.4 Å². The van der Waals surface area contributed by atoms with Crippen LogP contribution in [0.4, 0.5) is 0 Å². The summed E-state index contributed by atoms with van der Waals surface area (Å²) in [5, 5.41) is 15.4. The third-order valence-electron chi connectivity index (χ3n) is 5.85. The SMILES string of the molecule is C[C@@H](CC(=O)O)CC(=O)N[C@@H](C)[C@H](C=Cc1ccc2ccccc2c1)Cc1ccc(Cl)c(Cl)c1. The van der Waals surface area contributed by atoms with Gasteiger partial charge in [0.15, 0.2) is 0 Å². The Morgan fingerprint density at radius 2 is 1.68 bits per heavy atom. The Bertz CT molecular complexity index is 1190. The molecule has 0 spiro atoms. The summed E-state index contributed by atoms with van der Waals surface area (Å²) in [5.41, 5.74) is 2.09. The van der Waals surface area contributed by atoms with Crippen molar-refractivity contribution in [3.63, 3.8) is 0 Å². The minimum Gasteiger partial charge on any atom is -0.481 e. The second-order valence-electron chi connectivity index (χ2n) is 8.85. The van der Waals surface area contributed by atoms with Gasteiger partial charge in [-0.1, -0.05) is 84.7 Å². The number of halogens is 2. The first kappa shape index (κ1) is 25.8. The molecule has 0 aliphatic heterocycles. The number of benzene rings is 3. The zero-order valence-corrected chi connectivity index (χ0v) is 20.8. The van der Waals surface area contributed by atoms with Crippen LogP contribution < -0.4 is 5.32 Å². The summed E-state index contributed by atoms with van der Waals surface area (Å²) in [6, 6.07) is 19.9. The Labute approximate surface area is 210 Å². The van der Waals surface area contributed by atoms with Gasteiger partial charge >= 0.3 is 5.97 Å². The number of carboxylic acid groups (broad SMARTS) is 1. The van der Waals surface area contributed by atoms with E-state index in [1.165, 1.54) is 10.8 Å². The molecule has 0 aromatic heterocycles. The molecule has 2 N–H and O–H groups in total. The summed E-state index contributed by atoms with van der Waals surface area (Å²) in [5.74, 6) is -1.29. The first-order chi connectivity index (χ1) is 16.2. The Hall–Kier alpha value is -2.82. The van der Waals surface area contributed by atoms with Gasteiger partial charge in [0.25, 0.3) is 0 Å². The second kappa shape index (κ2) is 12.0. The summed E-state index contributed by atoms with van der Waals surface area (Å²) in [6.45, 7) is 3.73. The largest absolute Gasteiger partial charge is 0.481 e. The van der Waals surface area contributed by atoms with Gasteiger partial charge in [0, 0.05) is 24.8 Å². The number of carboxylic acids is 1. The van der Waals surface area contributed by atoms with E-state index in [1.54, 1.807) is 13.0 Å². The average molecular weight is 498 g/mol. The minimum atomic E-state index is -0.899. The molecule has 0 heterocycles. The Balaban J connectivity index is 1.78. The van der Waals surface area contributed by atoms with Crippen molar-refractivity contribution < 1.29 is 14.7 Å². The molecule has 0 saturated heterocycles. The van der Waals surface area contributed by atoms with Gasteiger partial charge in [-0.25, -0.2) is 0 Å². The van der Waals surface area contributed by atoms with Crippen LogP contribution in [0.15, 0.2) is 66.7 Å². The highest BCUT2D eigenvalue weighted by atomic mass is 35.5. The molecular weight excluding hydrogens is 469 g/mol. The molecule has 0 aliphatic carbocycles. The normalized spacial score (nSPS) is 14.1. The lowest BCUT2D eigenvalue weighted by atomic mass is 9.91. The number of carbonyl (C=O) groups excluding carboxylic acids is 1. The monoisotopic (exact) mass is 497 g/mol. The van der Waals surface area contributed by atoms with Gasteiger partial charge in [0.05, 0.1) is 10.0 Å². The highest BCUT2D eigenvalue weighted by Crippen LogP contribution is 2.26. The standard InChI is InChI=1S/C28H29Cl2NO3/c1-18(14-28(33)34)13-27(32)31-19(2)23(16-21-9-12-25(29)26(30)17-21)11-8-20-7-10-22-5-3-4-6-24(22)15-20/h3-12,15,17-19,23H,13-14,16H2,1-2H3,(H,31,32)(H,33,34)/t18-,19+,23-/m1/s1. The summed E-state index contributed by atoms with van der Waals surface area (Å²) >= 11 is 12.3. The molecule has 1 amide bonds. The number of hydrogen-bond donors (Lipinski definition) is 2. The van der Waals surface area contributed by atoms with Gasteiger partial charge in [-0.05, 0) is 59.4 Å². The van der Waals surface area contributed by atoms with Gasteiger partial charge in [-0.2, -0.15) is 0 Å². The predicted octanol–water partition coefficient (Wildman–Crippen LogP) is 7.02. The van der Waals surface area contributed by atoms with E-state index in [2.05, 4.69) is 47.8 Å². The van der Waals surface area contributed by atoms with E-state index < -0.39 is 5.97 Å². The van der Waals surface area contributed by atoms with Crippen LogP contribution in [-0.4, -0.2) is 23.0 Å². The molecule has 3 aromatic rings. The molecule has 178 valence electrons. The van der Waals surface area contributed by atoms with Gasteiger partial charge in [0.2, 0.25) is 5.91 Å². The van der Waals surface area contributed by atoms with Crippen LogP contribution in [0.2, 0.25) is 10.0 Å². The Morgan fingerprint density at radius 3 is 2.38 bits per heavy atom. The fraction of sp³-hybridized carbons (Fsp3) is 0.286. The van der Waals surface area contributed by atoms with Crippen molar-refractivity contribution in [2.45, 2.75) is 39.2 Å². The number of carbonyl (C=O) groups is 2. The number of amides is 1. The van der Waals surface area contributed by atoms with E-state index in [-0.39, 0.29) is 36.6 Å². The van der Waals surface area contributed by atoms with E-state index in [9.17, 15) is 9.59 Å². The van der Waals surface area contributed by atoms with Crippen LogP contribution in [0.5, 0.6) is 0 Å². The smallest absolute Gasteiger partial charge is 0.303 e. The fourth-order valence-electron chi connectivity index (χ4n) is 4.00. The van der Waals surface area contributed by atoms with Crippen LogP contribution in [0.25, 0.3) is 16.8 Å². The summed E-state index contributed by atoms with van der Waals surface area (Å²) in [7, 11) is 0. The molecule has 0 fully saturated rings. The molecule has 3 rings (SSSR count). The molecule has 6 heteroatoms. The van der Waals surface area contributed by atoms with E-state index in [1.807, 2.05) is 31.2 Å². The number of fused-ring (bicyclic) bond motifs is 1. The van der Waals surface area contributed by atoms with E-state index >= 15 is 0 Å². The molecule has 4 nitrogen and oxygen atoms in total. The Morgan fingerprint density at radius 1 is 0.941 bits per heavy atom. The molecule has 3 atom stereocenters. The molecule has 0 radical (unpaired) electrons. The summed E-state index contributed by atoms with van der Waals surface area (Å²) < 4.78 is 0. The number of hydrogen-bond acceptors (Lipinski definition) is 2. The van der Waals surface area contributed by atoms with Crippen molar-refractivity contribution in [2.24, 2.45) is 11.8 Å². The lowest BCUT2D eigenvalue weighted by Gasteiger charge is -2.23. The third kappa shape index (κ3) is 7.61. The van der Waals surface area contributed by atoms with E-state index in [0.29, 0.717) is 16.5 Å². The number of nitrogens with one attached hydrogen (secondary N) is 1. The van der Waals surface area contributed by atoms with E-state index in [4.69, 9.17) is 28.3 Å². The number of aliphatic carboxylic acids is 1. The molecule has 3 aromatic carbocycles. The quantitative estimate of drug-likeness (QED) is 0.316. The van der Waals surface area contributed by atoms with Crippen LogP contribution in [-0.2, 0) is 16.0 Å². The molecule has 0 bridgehead atoms. The highest BCUT2D eigenvalue weighted by molar-refractivity contribution is 6.42. The predicted molar refractivity (Wildman–Crippen MR) is 140 cm³/mol. The topological polar surface area (TPSA) is 66.4 Å². The molecule has 34 heavy (non-hydrogen) atoms. The maximum absolute atomic E-state index is 12.6. The van der Waals surface area contributed by atoms with Crippen molar-refractivity contribution in [1.29, 1.82) is 0 Å². The average Bonchev–Trinajstić information content (AvgIpc) is 2.78. The molecule has 0 unspecified atom stereocenters. The lowest BCUT2D eigenvalue weighted by molar-refractivity contribution is -0.138. The van der Waals surface area contributed by atoms with Crippen LogP contribution in [0.1, 0.15) is 37.8 Å². The van der Waals surface area contributed by atoms with Crippen molar-refractivity contribution in [3.8, 4) is 0 Å². The third-order valence-corrected chi connectivity index (χ3v) is 6.59. The minimum absolute atomic E-state index is 0.0116. The lowest BCUT2D eigenvalue weighted by Crippen LogP contribution is -2.39. The second-order valence-corrected chi connectivity index (χ2v) is 9.66. The van der Waals surface area contributed by atoms with Crippen molar-refractivity contribution in [3.05, 3.63) is 87.9 Å². The first-order valence-corrected chi connectivity index (χ1v) is 12.1. The van der Waals surface area contributed by atoms with Crippen molar-refractivity contribution >= 4 is 51.9 Å². The summed E-state index contributed by atoms with van der Waals surface area (Å²) in [4.78, 5) is 23.5. The maximum atomic E-state index is 12.6. The first-order valence-electron chi connectivity index (χ1n) is 11.3. The number of rotatable bonds is 10.